The zero-order chi connectivity index (χ0) is 31.3. The van der Waals surface area contributed by atoms with E-state index in [1.165, 1.54) is 61.4 Å². The minimum Gasteiger partial charge on any atom is -0.351 e. The molecule has 1 aliphatic carbocycles. The molecule has 1 heterocycles. The van der Waals surface area contributed by atoms with Crippen molar-refractivity contribution < 1.29 is 14.0 Å². The minimum atomic E-state index is -0.315. The first-order chi connectivity index (χ1) is 22.0. The van der Waals surface area contributed by atoms with Crippen LogP contribution < -0.4 is 16.0 Å². The lowest BCUT2D eigenvalue weighted by molar-refractivity contribution is -0.133. The Bertz CT molecular complexity index is 1320. The number of carbonyl (C=O) groups excluding carboxylic acids is 2. The van der Waals surface area contributed by atoms with Crippen LogP contribution in [0.3, 0.4) is 0 Å². The summed E-state index contributed by atoms with van der Waals surface area (Å²) in [7, 11) is 0. The van der Waals surface area contributed by atoms with Gasteiger partial charge >= 0.3 is 0 Å². The van der Waals surface area contributed by atoms with Crippen molar-refractivity contribution in [3.63, 3.8) is 0 Å². The second kappa shape index (κ2) is 17.0. The number of nitrogens with zero attached hydrogens (tertiary/aromatic N) is 1. The van der Waals surface area contributed by atoms with E-state index in [0.29, 0.717) is 25.7 Å². The van der Waals surface area contributed by atoms with Gasteiger partial charge in [0.25, 0.3) is 0 Å². The van der Waals surface area contributed by atoms with Crippen LogP contribution >= 0.6 is 0 Å². The molecule has 1 aliphatic heterocycles. The summed E-state index contributed by atoms with van der Waals surface area (Å²) in [6, 6.07) is 27.1. The molecule has 5 rings (SSSR count). The van der Waals surface area contributed by atoms with Gasteiger partial charge in [0, 0.05) is 43.7 Å². The predicted octanol–water partition coefficient (Wildman–Crippen LogP) is 6.05. The molecule has 3 aromatic rings. The topological polar surface area (TPSA) is 73.5 Å². The fourth-order valence-electron chi connectivity index (χ4n) is 6.57. The third-order valence-corrected chi connectivity index (χ3v) is 9.13. The Morgan fingerprint density at radius 3 is 2.24 bits per heavy atom. The normalized spacial score (nSPS) is 19.6. The average molecular weight is 611 g/mol. The van der Waals surface area contributed by atoms with Gasteiger partial charge in [-0.25, -0.2) is 4.39 Å². The molecule has 2 fully saturated rings. The number of rotatable bonds is 13. The summed E-state index contributed by atoms with van der Waals surface area (Å²) in [4.78, 5) is 28.8. The first-order valence-corrected chi connectivity index (χ1v) is 16.6. The molecule has 1 saturated heterocycles. The van der Waals surface area contributed by atoms with Gasteiger partial charge in [-0.15, -0.1) is 0 Å². The zero-order valence-electron chi connectivity index (χ0n) is 26.2. The third kappa shape index (κ3) is 10.1. The first kappa shape index (κ1) is 32.6. The molecule has 238 valence electrons. The van der Waals surface area contributed by atoms with Crippen molar-refractivity contribution in [1.82, 2.24) is 20.9 Å². The number of carbonyl (C=O) groups is 2. The Hall–Kier alpha value is -3.81. The molecule has 3 aromatic carbocycles. The van der Waals surface area contributed by atoms with Gasteiger partial charge in [-0.1, -0.05) is 92.1 Å². The molecule has 0 aromatic heterocycles. The molecule has 0 radical (unpaired) electrons. The standard InChI is InChI=1S/C38H47FN4O2/c39-32-21-18-29(19-22-32)20-23-37(44)41-27-34-24-26-43(28-35(30-11-4-1-5-12-30)31-13-6-2-7-14-31)38(45)36(42-34)17-10-25-40-33-15-8-3-9-16-33/h1-2,4-7,11-14,18-23,33-36,40,42H,3,8-10,15-17,24-28H2,(H,41,44). The van der Waals surface area contributed by atoms with Gasteiger partial charge in [-0.05, 0) is 73.5 Å². The van der Waals surface area contributed by atoms with E-state index in [0.717, 1.165) is 31.4 Å². The van der Waals surface area contributed by atoms with Gasteiger partial charge in [-0.2, -0.15) is 0 Å². The molecule has 45 heavy (non-hydrogen) atoms. The summed E-state index contributed by atoms with van der Waals surface area (Å²) in [5.74, 6) is -0.319. The van der Waals surface area contributed by atoms with Crippen LogP contribution in [0.5, 0.6) is 0 Å². The highest BCUT2D eigenvalue weighted by atomic mass is 19.1. The number of benzene rings is 3. The molecule has 3 N–H and O–H groups in total. The highest BCUT2D eigenvalue weighted by Gasteiger charge is 2.32. The molecule has 2 aliphatic rings. The van der Waals surface area contributed by atoms with Gasteiger partial charge in [0.1, 0.15) is 5.82 Å². The van der Waals surface area contributed by atoms with Crippen molar-refractivity contribution >= 4 is 17.9 Å². The minimum absolute atomic E-state index is 0.0367. The molecular weight excluding hydrogens is 563 g/mol. The highest BCUT2D eigenvalue weighted by Crippen LogP contribution is 2.27. The van der Waals surface area contributed by atoms with Crippen LogP contribution in [-0.2, 0) is 9.59 Å². The Balaban J connectivity index is 1.25. The lowest BCUT2D eigenvalue weighted by Gasteiger charge is -2.29. The number of nitrogens with one attached hydrogen (secondary N) is 3. The summed E-state index contributed by atoms with van der Waals surface area (Å²) < 4.78 is 13.2. The lowest BCUT2D eigenvalue weighted by Crippen LogP contribution is -2.49. The van der Waals surface area contributed by atoms with Crippen LogP contribution in [0.25, 0.3) is 6.08 Å². The van der Waals surface area contributed by atoms with Gasteiger partial charge in [0.2, 0.25) is 11.8 Å². The molecule has 7 heteroatoms. The molecule has 2 atom stereocenters. The van der Waals surface area contributed by atoms with Crippen LogP contribution in [0.1, 0.15) is 74.0 Å². The van der Waals surface area contributed by atoms with Crippen molar-refractivity contribution in [2.24, 2.45) is 0 Å². The maximum Gasteiger partial charge on any atom is 0.244 e. The fraction of sp³-hybridized carbons (Fsp3) is 0.421. The second-order valence-electron chi connectivity index (χ2n) is 12.4. The summed E-state index contributed by atoms with van der Waals surface area (Å²) in [6.07, 6.45) is 12.0. The lowest BCUT2D eigenvalue weighted by atomic mass is 9.90. The average Bonchev–Trinajstić information content (AvgIpc) is 3.23. The Labute approximate surface area is 267 Å². The molecule has 6 nitrogen and oxygen atoms in total. The van der Waals surface area contributed by atoms with Crippen molar-refractivity contribution in [3.8, 4) is 0 Å². The van der Waals surface area contributed by atoms with E-state index < -0.39 is 0 Å². The van der Waals surface area contributed by atoms with Crippen LogP contribution in [0.15, 0.2) is 91.0 Å². The monoisotopic (exact) mass is 610 g/mol. The number of halogens is 1. The third-order valence-electron chi connectivity index (χ3n) is 9.13. The molecular formula is C38H47FN4O2. The van der Waals surface area contributed by atoms with E-state index in [9.17, 15) is 14.0 Å². The van der Waals surface area contributed by atoms with Crippen molar-refractivity contribution in [2.75, 3.05) is 26.2 Å². The van der Waals surface area contributed by atoms with Gasteiger partial charge in [-0.3, -0.25) is 9.59 Å². The zero-order valence-corrected chi connectivity index (χ0v) is 26.2. The molecule has 0 bridgehead atoms. The maximum atomic E-state index is 14.1. The SMILES string of the molecule is O=C(C=Cc1ccc(F)cc1)NCC1CCN(CC(c2ccccc2)c2ccccc2)C(=O)C(CCCNC2CCCCC2)N1. The predicted molar refractivity (Wildman–Crippen MR) is 179 cm³/mol. The largest absolute Gasteiger partial charge is 0.351 e. The summed E-state index contributed by atoms with van der Waals surface area (Å²) in [5, 5.41) is 10.4. The molecule has 2 amide bonds. The van der Waals surface area contributed by atoms with Crippen LogP contribution in [-0.4, -0.2) is 61.0 Å². The van der Waals surface area contributed by atoms with E-state index in [1.807, 2.05) is 17.0 Å². The van der Waals surface area contributed by atoms with Crippen LogP contribution in [0, 0.1) is 5.82 Å². The maximum absolute atomic E-state index is 14.1. The number of amides is 2. The van der Waals surface area contributed by atoms with Gasteiger partial charge < -0.3 is 20.9 Å². The van der Waals surface area contributed by atoms with E-state index in [-0.39, 0.29) is 35.6 Å². The van der Waals surface area contributed by atoms with E-state index in [4.69, 9.17) is 0 Å². The smallest absolute Gasteiger partial charge is 0.244 e. The van der Waals surface area contributed by atoms with Gasteiger partial charge in [0.05, 0.1) is 6.04 Å². The Morgan fingerprint density at radius 1 is 0.911 bits per heavy atom. The summed E-state index contributed by atoms with van der Waals surface area (Å²) in [5.41, 5.74) is 3.14. The molecule has 2 unspecified atom stereocenters. The van der Waals surface area contributed by atoms with Gasteiger partial charge in [0.15, 0.2) is 0 Å². The van der Waals surface area contributed by atoms with E-state index in [2.05, 4.69) is 64.5 Å². The summed E-state index contributed by atoms with van der Waals surface area (Å²) in [6.45, 7) is 2.54. The quantitative estimate of drug-likeness (QED) is 0.163. The van der Waals surface area contributed by atoms with E-state index >= 15 is 0 Å². The van der Waals surface area contributed by atoms with Crippen molar-refractivity contribution in [2.45, 2.75) is 75.4 Å². The summed E-state index contributed by atoms with van der Waals surface area (Å²) >= 11 is 0. The van der Waals surface area contributed by atoms with Crippen LogP contribution in [0.2, 0.25) is 0 Å². The first-order valence-electron chi connectivity index (χ1n) is 16.6. The molecule has 0 spiro atoms. The Kier molecular flexibility index (Phi) is 12.3. The molecule has 1 saturated carbocycles. The van der Waals surface area contributed by atoms with E-state index in [1.54, 1.807) is 18.2 Å². The highest BCUT2D eigenvalue weighted by molar-refractivity contribution is 5.91. The fourth-order valence-corrected chi connectivity index (χ4v) is 6.57. The van der Waals surface area contributed by atoms with Crippen molar-refractivity contribution in [1.29, 1.82) is 0 Å². The number of hydrogen-bond donors (Lipinski definition) is 3. The van der Waals surface area contributed by atoms with Crippen LogP contribution in [0.4, 0.5) is 4.39 Å². The van der Waals surface area contributed by atoms with Crippen molar-refractivity contribution in [3.05, 3.63) is 114 Å². The number of hydrogen-bond acceptors (Lipinski definition) is 4. The second-order valence-corrected chi connectivity index (χ2v) is 12.4. The Morgan fingerprint density at radius 2 is 1.58 bits per heavy atom.